The average molecular weight is 403 g/mol. The van der Waals surface area contributed by atoms with E-state index in [-0.39, 0.29) is 29.6 Å². The number of methoxy groups -OCH3 is 1. The minimum absolute atomic E-state index is 0.0829. The number of para-hydroxylation sites is 1. The first-order valence-corrected chi connectivity index (χ1v) is 9.03. The van der Waals surface area contributed by atoms with Crippen LogP contribution in [0.5, 0.6) is 5.75 Å². The molecule has 1 N–H and O–H groups in total. The molecule has 8 nitrogen and oxygen atoms in total. The Bertz CT molecular complexity index is 1320. The van der Waals surface area contributed by atoms with Crippen molar-refractivity contribution in [3.05, 3.63) is 77.1 Å². The molecule has 0 bridgehead atoms. The maximum atomic E-state index is 13.1. The number of aromatic nitrogens is 3. The normalized spacial score (nSPS) is 10.8. The molecule has 0 unspecified atom stereocenters. The number of nitrogens with zero attached hydrogens (tertiary/aromatic N) is 3. The zero-order chi connectivity index (χ0) is 21.3. The van der Waals surface area contributed by atoms with Crippen molar-refractivity contribution in [1.29, 1.82) is 0 Å². The van der Waals surface area contributed by atoms with Gasteiger partial charge in [-0.2, -0.15) is 4.98 Å². The van der Waals surface area contributed by atoms with Crippen LogP contribution in [0.15, 0.2) is 70.5 Å². The third-order valence-electron chi connectivity index (χ3n) is 4.66. The van der Waals surface area contributed by atoms with Gasteiger partial charge in [0, 0.05) is 17.5 Å². The Morgan fingerprint density at radius 2 is 1.97 bits per heavy atom. The quantitative estimate of drug-likeness (QED) is 0.402. The van der Waals surface area contributed by atoms with Crippen LogP contribution in [-0.2, 0) is 11.3 Å². The predicted molar refractivity (Wildman–Crippen MR) is 110 cm³/mol. The Hall–Kier alpha value is -4.20. The molecular weight excluding hydrogens is 386 g/mol. The summed E-state index contributed by atoms with van der Waals surface area (Å²) in [6.07, 6.45) is 1.59. The second-order valence-electron chi connectivity index (χ2n) is 6.44. The van der Waals surface area contributed by atoms with Crippen LogP contribution in [0.25, 0.3) is 33.7 Å². The lowest BCUT2D eigenvalue weighted by molar-refractivity contribution is 0.0600. The summed E-state index contributed by atoms with van der Waals surface area (Å²) in [5.41, 5.74) is 0.971. The maximum absolute atomic E-state index is 13.1. The summed E-state index contributed by atoms with van der Waals surface area (Å²) in [5, 5.41) is 15.2. The summed E-state index contributed by atoms with van der Waals surface area (Å²) in [4.78, 5) is 28.9. The lowest BCUT2D eigenvalue weighted by Gasteiger charge is -2.11. The first-order valence-electron chi connectivity index (χ1n) is 9.03. The lowest BCUT2D eigenvalue weighted by Crippen LogP contribution is -2.22. The van der Waals surface area contributed by atoms with E-state index in [1.165, 1.54) is 11.7 Å². The first kappa shape index (κ1) is 19.1. The highest BCUT2D eigenvalue weighted by molar-refractivity contribution is 5.91. The molecule has 8 heteroatoms. The molecule has 150 valence electrons. The summed E-state index contributed by atoms with van der Waals surface area (Å²) >= 11 is 0. The number of benzene rings is 2. The van der Waals surface area contributed by atoms with Crippen molar-refractivity contribution in [3.63, 3.8) is 0 Å². The van der Waals surface area contributed by atoms with Crippen molar-refractivity contribution in [3.8, 4) is 28.6 Å². The molecule has 0 atom stereocenters. The molecule has 0 aliphatic carbocycles. The van der Waals surface area contributed by atoms with Gasteiger partial charge in [-0.25, -0.2) is 4.79 Å². The second-order valence-corrected chi connectivity index (χ2v) is 6.44. The molecule has 0 aliphatic rings. The summed E-state index contributed by atoms with van der Waals surface area (Å²) in [6.45, 7) is 3.94. The molecule has 2 heterocycles. The molecule has 0 saturated heterocycles. The highest BCUT2D eigenvalue weighted by atomic mass is 16.5. The number of carbonyl (C=O) groups excluding carboxylic acids is 1. The number of fused-ring (bicyclic) bond motifs is 1. The first-order chi connectivity index (χ1) is 14.5. The summed E-state index contributed by atoms with van der Waals surface area (Å²) < 4.78 is 11.5. The molecule has 0 spiro atoms. The fourth-order valence-electron chi connectivity index (χ4n) is 3.21. The molecule has 0 amide bonds. The van der Waals surface area contributed by atoms with Gasteiger partial charge in [-0.1, -0.05) is 35.5 Å². The summed E-state index contributed by atoms with van der Waals surface area (Å²) in [5.74, 6) is -0.580. The van der Waals surface area contributed by atoms with E-state index in [1.807, 2.05) is 0 Å². The van der Waals surface area contributed by atoms with Crippen LogP contribution in [0.1, 0.15) is 10.4 Å². The van der Waals surface area contributed by atoms with E-state index in [2.05, 4.69) is 21.5 Å². The van der Waals surface area contributed by atoms with Gasteiger partial charge in [0.1, 0.15) is 11.3 Å². The van der Waals surface area contributed by atoms with Crippen LogP contribution in [0.4, 0.5) is 0 Å². The molecule has 0 radical (unpaired) electrons. The van der Waals surface area contributed by atoms with Gasteiger partial charge in [0.2, 0.25) is 5.82 Å². The Labute approximate surface area is 170 Å². The summed E-state index contributed by atoms with van der Waals surface area (Å²) in [6, 6.07) is 13.4. The Morgan fingerprint density at radius 1 is 1.23 bits per heavy atom. The second kappa shape index (κ2) is 7.67. The fourth-order valence-corrected chi connectivity index (χ4v) is 3.21. The Morgan fingerprint density at radius 3 is 2.67 bits per heavy atom. The third kappa shape index (κ3) is 3.14. The van der Waals surface area contributed by atoms with E-state index in [0.29, 0.717) is 22.0 Å². The summed E-state index contributed by atoms with van der Waals surface area (Å²) in [7, 11) is 1.30. The highest BCUT2D eigenvalue weighted by Crippen LogP contribution is 2.33. The molecule has 0 saturated carbocycles. The molecule has 30 heavy (non-hydrogen) atoms. The van der Waals surface area contributed by atoms with E-state index in [9.17, 15) is 14.7 Å². The van der Waals surface area contributed by atoms with Crippen LogP contribution in [-0.4, -0.2) is 32.9 Å². The smallest absolute Gasteiger partial charge is 0.337 e. The van der Waals surface area contributed by atoms with Crippen molar-refractivity contribution in [1.82, 2.24) is 14.7 Å². The zero-order valence-corrected chi connectivity index (χ0v) is 16.0. The van der Waals surface area contributed by atoms with Crippen molar-refractivity contribution in [2.45, 2.75) is 6.54 Å². The average Bonchev–Trinajstić information content (AvgIpc) is 3.26. The van der Waals surface area contributed by atoms with E-state index in [0.717, 1.165) is 0 Å². The SMILES string of the molecule is C=CCn1c(=O)c(-c2nc(-c3ccc(C(=O)OC)cc3)no2)c(O)c2ccccc21. The molecule has 4 rings (SSSR count). The van der Waals surface area contributed by atoms with Gasteiger partial charge in [-0.15, -0.1) is 6.58 Å². The Kier molecular flexibility index (Phi) is 4.89. The van der Waals surface area contributed by atoms with Crippen LogP contribution in [0.2, 0.25) is 0 Å². The van der Waals surface area contributed by atoms with Gasteiger partial charge in [0.05, 0.1) is 18.2 Å². The van der Waals surface area contributed by atoms with Crippen molar-refractivity contribution < 1.29 is 19.2 Å². The van der Waals surface area contributed by atoms with Crippen LogP contribution >= 0.6 is 0 Å². The molecular formula is C22H17N3O5. The molecule has 0 aliphatic heterocycles. The number of pyridine rings is 1. The topological polar surface area (TPSA) is 107 Å². The van der Waals surface area contributed by atoms with Crippen molar-refractivity contribution in [2.75, 3.05) is 7.11 Å². The number of hydrogen-bond donors (Lipinski definition) is 1. The number of esters is 1. The van der Waals surface area contributed by atoms with Crippen LogP contribution in [0, 0.1) is 0 Å². The van der Waals surface area contributed by atoms with E-state index >= 15 is 0 Å². The largest absolute Gasteiger partial charge is 0.506 e. The minimum atomic E-state index is -0.470. The number of aromatic hydroxyl groups is 1. The Balaban J connectivity index is 1.83. The third-order valence-corrected chi connectivity index (χ3v) is 4.66. The van der Waals surface area contributed by atoms with Crippen molar-refractivity contribution in [2.24, 2.45) is 0 Å². The number of rotatable bonds is 5. The van der Waals surface area contributed by atoms with Gasteiger partial charge in [-0.3, -0.25) is 4.79 Å². The number of hydrogen-bond acceptors (Lipinski definition) is 7. The van der Waals surface area contributed by atoms with Gasteiger partial charge in [0.25, 0.3) is 11.4 Å². The van der Waals surface area contributed by atoms with Gasteiger partial charge in [-0.05, 0) is 24.3 Å². The molecule has 2 aromatic heterocycles. The number of carbonyl (C=O) groups is 1. The van der Waals surface area contributed by atoms with E-state index < -0.39 is 11.5 Å². The highest BCUT2D eigenvalue weighted by Gasteiger charge is 2.22. The van der Waals surface area contributed by atoms with E-state index in [1.54, 1.807) is 54.6 Å². The molecule has 2 aromatic carbocycles. The zero-order valence-electron chi connectivity index (χ0n) is 16.0. The number of ether oxygens (including phenoxy) is 1. The van der Waals surface area contributed by atoms with Crippen molar-refractivity contribution >= 4 is 16.9 Å². The molecule has 0 fully saturated rings. The fraction of sp³-hybridized carbons (Fsp3) is 0.0909. The minimum Gasteiger partial charge on any atom is -0.506 e. The maximum Gasteiger partial charge on any atom is 0.337 e. The predicted octanol–water partition coefficient (Wildman–Crippen LogP) is 3.40. The van der Waals surface area contributed by atoms with E-state index in [4.69, 9.17) is 4.52 Å². The van der Waals surface area contributed by atoms with Crippen LogP contribution in [0.3, 0.4) is 0 Å². The number of allylic oxidation sites excluding steroid dienone is 1. The monoisotopic (exact) mass is 403 g/mol. The van der Waals surface area contributed by atoms with Gasteiger partial charge in [0.15, 0.2) is 0 Å². The standard InChI is InChI=1S/C22H17N3O5/c1-3-12-25-16-7-5-4-6-15(16)18(26)17(21(25)27)20-23-19(24-30-20)13-8-10-14(11-9-13)22(28)29-2/h3-11,26H,1,12H2,2H3. The van der Waals surface area contributed by atoms with Crippen LogP contribution < -0.4 is 5.56 Å². The molecule has 4 aromatic rings. The lowest BCUT2D eigenvalue weighted by atomic mass is 10.1. The van der Waals surface area contributed by atoms with Gasteiger partial charge < -0.3 is 18.9 Å². The van der Waals surface area contributed by atoms with Gasteiger partial charge >= 0.3 is 5.97 Å².